The summed E-state index contributed by atoms with van der Waals surface area (Å²) in [4.78, 5) is 11.5. The molecule has 0 aromatic carbocycles. The number of carboxylic acids is 1. The molecule has 1 aliphatic carbocycles. The van der Waals surface area contributed by atoms with E-state index in [9.17, 15) is 9.90 Å². The van der Waals surface area contributed by atoms with Crippen molar-refractivity contribution < 1.29 is 14.6 Å². The third-order valence-corrected chi connectivity index (χ3v) is 7.28. The Hall–Kier alpha value is -0.650. The van der Waals surface area contributed by atoms with E-state index in [-0.39, 0.29) is 5.60 Å². The van der Waals surface area contributed by atoms with E-state index in [1.807, 2.05) is 48.7 Å². The maximum Gasteiger partial charge on any atom is 0.314 e. The van der Waals surface area contributed by atoms with Crippen LogP contribution in [-0.2, 0) is 9.53 Å². The van der Waals surface area contributed by atoms with Gasteiger partial charge in [0.2, 0.25) is 0 Å². The number of thioether (sulfide) groups is 2. The molecule has 2 aliphatic rings. The number of methoxy groups -OCH3 is 1. The molecule has 0 spiro atoms. The maximum atomic E-state index is 11.5. The van der Waals surface area contributed by atoms with E-state index in [1.54, 1.807) is 13.2 Å². The van der Waals surface area contributed by atoms with Crippen molar-refractivity contribution in [2.75, 3.05) is 18.6 Å². The van der Waals surface area contributed by atoms with Crippen LogP contribution in [0.3, 0.4) is 0 Å². The smallest absolute Gasteiger partial charge is 0.314 e. The van der Waals surface area contributed by atoms with Crippen molar-refractivity contribution in [3.63, 3.8) is 0 Å². The molecule has 2 unspecified atom stereocenters. The number of carbonyl (C=O) groups is 1. The summed E-state index contributed by atoms with van der Waals surface area (Å²) in [6.45, 7) is 2.01. The second-order valence-corrected chi connectivity index (χ2v) is 8.20. The van der Waals surface area contributed by atoms with E-state index >= 15 is 0 Å². The molecule has 1 heterocycles. The Morgan fingerprint density at radius 1 is 1.55 bits per heavy atom. The summed E-state index contributed by atoms with van der Waals surface area (Å²) in [6.07, 6.45) is 12.6. The second-order valence-electron chi connectivity index (χ2n) is 5.48. The van der Waals surface area contributed by atoms with Gasteiger partial charge in [-0.2, -0.15) is 0 Å². The number of hydrogen-bond donors (Lipinski definition) is 1. The summed E-state index contributed by atoms with van der Waals surface area (Å²) in [7, 11) is 1.75. The lowest BCUT2D eigenvalue weighted by atomic mass is 9.87. The Balaban J connectivity index is 2.14. The van der Waals surface area contributed by atoms with Crippen LogP contribution in [0.4, 0.5) is 0 Å². The third-order valence-electron chi connectivity index (χ3n) is 4.01. The normalized spacial score (nSPS) is 27.8. The summed E-state index contributed by atoms with van der Waals surface area (Å²) in [5, 5.41) is 9.42. The van der Waals surface area contributed by atoms with Crippen LogP contribution in [0.15, 0.2) is 36.0 Å². The van der Waals surface area contributed by atoms with E-state index in [1.165, 1.54) is 17.9 Å². The number of rotatable bonds is 6. The Bertz CT molecular complexity index is 478. The largest absolute Gasteiger partial charge is 0.481 e. The Kier molecular flexibility index (Phi) is 6.66. The fraction of sp³-hybridized carbons (Fsp3) is 0.588. The summed E-state index contributed by atoms with van der Waals surface area (Å²) in [6, 6.07) is 0. The summed E-state index contributed by atoms with van der Waals surface area (Å²) >= 11 is 3.90. The predicted molar refractivity (Wildman–Crippen MR) is 95.5 cm³/mol. The van der Waals surface area contributed by atoms with E-state index in [0.717, 1.165) is 18.4 Å². The molecular formula is C17H24O3S2. The van der Waals surface area contributed by atoms with E-state index in [2.05, 4.69) is 6.08 Å². The van der Waals surface area contributed by atoms with Gasteiger partial charge in [-0.15, -0.1) is 23.5 Å². The highest BCUT2D eigenvalue weighted by molar-refractivity contribution is 8.17. The standard InChI is InChI=1S/C17H24O3S2/c1-3-4-6-14(15(18)19)13-7-9-17(20-2,10-8-13)16-21-11-5-12-22-16/h4,6-9,14,16H,3,5,10-12H2,1-2H3,(H,18,19)/b6-4-. The van der Waals surface area contributed by atoms with Gasteiger partial charge in [0, 0.05) is 13.5 Å². The van der Waals surface area contributed by atoms with Gasteiger partial charge in [0.05, 0.1) is 10.5 Å². The second kappa shape index (κ2) is 8.27. The topological polar surface area (TPSA) is 46.5 Å². The Morgan fingerprint density at radius 3 is 2.77 bits per heavy atom. The lowest BCUT2D eigenvalue weighted by Crippen LogP contribution is -2.41. The van der Waals surface area contributed by atoms with E-state index in [0.29, 0.717) is 4.58 Å². The van der Waals surface area contributed by atoms with Crippen LogP contribution in [0.5, 0.6) is 0 Å². The first kappa shape index (κ1) is 17.7. The predicted octanol–water partition coefficient (Wildman–Crippen LogP) is 4.12. The van der Waals surface area contributed by atoms with Gasteiger partial charge in [-0.25, -0.2) is 0 Å². The number of ether oxygens (including phenoxy) is 1. The Morgan fingerprint density at radius 2 is 2.27 bits per heavy atom. The van der Waals surface area contributed by atoms with Gasteiger partial charge in [-0.05, 0) is 29.9 Å². The first-order chi connectivity index (χ1) is 10.6. The van der Waals surface area contributed by atoms with Crippen LogP contribution >= 0.6 is 23.5 Å². The fourth-order valence-corrected chi connectivity index (χ4v) is 5.98. The number of hydrogen-bond acceptors (Lipinski definition) is 4. The zero-order valence-electron chi connectivity index (χ0n) is 13.2. The molecule has 0 aromatic heterocycles. The van der Waals surface area contributed by atoms with Crippen molar-refractivity contribution in [3.05, 3.63) is 36.0 Å². The van der Waals surface area contributed by atoms with Gasteiger partial charge in [-0.1, -0.05) is 37.3 Å². The minimum absolute atomic E-state index is 0.309. The van der Waals surface area contributed by atoms with Crippen LogP contribution in [0, 0.1) is 5.92 Å². The molecule has 0 saturated carbocycles. The van der Waals surface area contributed by atoms with Crippen molar-refractivity contribution in [2.45, 2.75) is 36.4 Å². The average Bonchev–Trinajstić information content (AvgIpc) is 2.56. The minimum Gasteiger partial charge on any atom is -0.481 e. The van der Waals surface area contributed by atoms with Crippen molar-refractivity contribution >= 4 is 29.5 Å². The SMILES string of the molecule is CC/C=C\C(C(=O)O)C1=CCC(OC)(C2SCCCS2)C=C1. The molecule has 2 atom stereocenters. The molecule has 0 radical (unpaired) electrons. The molecule has 1 N–H and O–H groups in total. The summed E-state index contributed by atoms with van der Waals surface area (Å²) in [5.41, 5.74) is 0.548. The van der Waals surface area contributed by atoms with Crippen molar-refractivity contribution in [1.29, 1.82) is 0 Å². The zero-order valence-corrected chi connectivity index (χ0v) is 14.8. The van der Waals surface area contributed by atoms with Crippen molar-refractivity contribution in [2.24, 2.45) is 5.92 Å². The molecule has 1 saturated heterocycles. The van der Waals surface area contributed by atoms with Crippen LogP contribution in [-0.4, -0.2) is 39.9 Å². The Labute approximate surface area is 141 Å². The zero-order chi connectivity index (χ0) is 16.0. The molecule has 122 valence electrons. The van der Waals surface area contributed by atoms with Crippen molar-refractivity contribution in [3.8, 4) is 0 Å². The molecule has 5 heteroatoms. The number of carboxylic acid groups (broad SMARTS) is 1. The molecule has 1 fully saturated rings. The summed E-state index contributed by atoms with van der Waals surface area (Å²) < 4.78 is 6.23. The number of aliphatic carboxylic acids is 1. The molecule has 0 aromatic rings. The monoisotopic (exact) mass is 340 g/mol. The van der Waals surface area contributed by atoms with Crippen molar-refractivity contribution in [1.82, 2.24) is 0 Å². The average molecular weight is 341 g/mol. The van der Waals surface area contributed by atoms with Gasteiger partial charge in [0.1, 0.15) is 5.60 Å². The quantitative estimate of drug-likeness (QED) is 0.737. The van der Waals surface area contributed by atoms with Crippen LogP contribution < -0.4 is 0 Å². The van der Waals surface area contributed by atoms with Gasteiger partial charge < -0.3 is 9.84 Å². The van der Waals surface area contributed by atoms with Gasteiger partial charge in [0.15, 0.2) is 0 Å². The van der Waals surface area contributed by atoms with Crippen LogP contribution in [0.2, 0.25) is 0 Å². The fourth-order valence-electron chi connectivity index (χ4n) is 2.68. The highest BCUT2D eigenvalue weighted by Gasteiger charge is 2.39. The first-order valence-corrected chi connectivity index (χ1v) is 9.80. The molecule has 22 heavy (non-hydrogen) atoms. The third kappa shape index (κ3) is 4.00. The maximum absolute atomic E-state index is 11.5. The first-order valence-electron chi connectivity index (χ1n) is 7.70. The highest BCUT2D eigenvalue weighted by atomic mass is 32.2. The number of allylic oxidation sites excluding steroid dienone is 2. The van der Waals surface area contributed by atoms with Crippen LogP contribution in [0.1, 0.15) is 26.2 Å². The molecule has 2 rings (SSSR count). The summed E-state index contributed by atoms with van der Waals surface area (Å²) in [5.74, 6) is 0.985. The van der Waals surface area contributed by atoms with Crippen LogP contribution in [0.25, 0.3) is 0 Å². The molecule has 1 aliphatic heterocycles. The molecule has 0 amide bonds. The molecule has 3 nitrogen and oxygen atoms in total. The van der Waals surface area contributed by atoms with Gasteiger partial charge in [-0.3, -0.25) is 4.79 Å². The molecular weight excluding hydrogens is 316 g/mol. The van der Waals surface area contributed by atoms with E-state index in [4.69, 9.17) is 4.74 Å². The van der Waals surface area contributed by atoms with E-state index < -0.39 is 11.9 Å². The van der Waals surface area contributed by atoms with Gasteiger partial charge in [0.25, 0.3) is 0 Å². The highest BCUT2D eigenvalue weighted by Crippen LogP contribution is 2.44. The lowest BCUT2D eigenvalue weighted by Gasteiger charge is -2.39. The minimum atomic E-state index is -0.799. The lowest BCUT2D eigenvalue weighted by molar-refractivity contribution is -0.138. The molecule has 0 bridgehead atoms. The van der Waals surface area contributed by atoms with Gasteiger partial charge >= 0.3 is 5.97 Å².